The quantitative estimate of drug-likeness (QED) is 0.519. The van der Waals surface area contributed by atoms with Gasteiger partial charge in [0.15, 0.2) is 0 Å². The van der Waals surface area contributed by atoms with Gasteiger partial charge in [-0.05, 0) is 54.7 Å². The van der Waals surface area contributed by atoms with Gasteiger partial charge in [0.2, 0.25) is 0 Å². The second kappa shape index (κ2) is 6.82. The number of benzene rings is 1. The molecule has 3 aromatic heterocycles. The molecule has 1 aliphatic rings. The monoisotopic (exact) mass is 365 g/mol. The highest BCUT2D eigenvalue weighted by molar-refractivity contribution is 5.90. The molecule has 0 N–H and O–H groups in total. The normalized spacial score (nSPS) is 16.7. The predicted molar refractivity (Wildman–Crippen MR) is 109 cm³/mol. The lowest BCUT2D eigenvalue weighted by Gasteiger charge is -2.18. The van der Waals surface area contributed by atoms with Gasteiger partial charge in [0.25, 0.3) is 0 Å². The molecule has 1 aromatic carbocycles. The van der Waals surface area contributed by atoms with E-state index in [1.165, 1.54) is 11.1 Å². The largest absolute Gasteiger partial charge is 0.241 e. The number of aromatic nitrogens is 4. The van der Waals surface area contributed by atoms with Gasteiger partial charge >= 0.3 is 0 Å². The summed E-state index contributed by atoms with van der Waals surface area (Å²) in [5.74, 6) is 0.141. The first-order chi connectivity index (χ1) is 13.8. The molecule has 136 valence electrons. The van der Waals surface area contributed by atoms with Crippen LogP contribution in [0.1, 0.15) is 24.8 Å². The molecule has 1 atom stereocenters. The highest BCUT2D eigenvalue weighted by Gasteiger charge is 2.18. The molecule has 0 saturated heterocycles. The van der Waals surface area contributed by atoms with Gasteiger partial charge in [-0.2, -0.15) is 15.5 Å². The number of allylic oxidation sites excluding steroid dienone is 2. The molecule has 0 bridgehead atoms. The fourth-order valence-electron chi connectivity index (χ4n) is 3.93. The molecule has 5 nitrogen and oxygen atoms in total. The van der Waals surface area contributed by atoms with E-state index in [4.69, 9.17) is 0 Å². The first kappa shape index (κ1) is 16.5. The van der Waals surface area contributed by atoms with Crippen LogP contribution in [-0.2, 0) is 0 Å². The van der Waals surface area contributed by atoms with Gasteiger partial charge in [-0.3, -0.25) is 0 Å². The number of fused-ring (bicyclic) bond motifs is 1. The lowest BCUT2D eigenvalue weighted by Crippen LogP contribution is -2.04. The summed E-state index contributed by atoms with van der Waals surface area (Å²) in [5.41, 5.74) is 6.92. The third-order valence-corrected chi connectivity index (χ3v) is 5.43. The second-order valence-corrected chi connectivity index (χ2v) is 7.10. The Morgan fingerprint density at radius 2 is 1.89 bits per heavy atom. The Bertz CT molecular complexity index is 1190. The van der Waals surface area contributed by atoms with E-state index < -0.39 is 0 Å². The van der Waals surface area contributed by atoms with Crippen LogP contribution < -0.4 is 0 Å². The van der Waals surface area contributed by atoms with Crippen molar-refractivity contribution in [3.05, 3.63) is 78.9 Å². The second-order valence-electron chi connectivity index (χ2n) is 7.10. The van der Waals surface area contributed by atoms with Gasteiger partial charge in [-0.25, -0.2) is 9.20 Å². The van der Waals surface area contributed by atoms with Crippen molar-refractivity contribution < 1.29 is 0 Å². The first-order valence-corrected chi connectivity index (χ1v) is 9.49. The van der Waals surface area contributed by atoms with E-state index in [2.05, 4.69) is 52.7 Å². The number of pyridine rings is 1. The molecular weight excluding hydrogens is 346 g/mol. The summed E-state index contributed by atoms with van der Waals surface area (Å²) in [6.45, 7) is 0. The lowest BCUT2D eigenvalue weighted by molar-refractivity contribution is 0.604. The number of nitrogens with zero attached hydrogens (tertiary/aromatic N) is 5. The van der Waals surface area contributed by atoms with Crippen LogP contribution in [0, 0.1) is 17.2 Å². The van der Waals surface area contributed by atoms with Gasteiger partial charge in [-0.15, -0.1) is 0 Å². The molecule has 0 fully saturated rings. The van der Waals surface area contributed by atoms with Crippen LogP contribution in [0.25, 0.3) is 27.9 Å². The Morgan fingerprint density at radius 3 is 2.61 bits per heavy atom. The maximum Gasteiger partial charge on any atom is 0.0814 e. The summed E-state index contributed by atoms with van der Waals surface area (Å²) in [5, 5.41) is 18.0. The topological polar surface area (TPSA) is 58.9 Å². The molecule has 5 heteroatoms. The molecule has 0 radical (unpaired) electrons. The van der Waals surface area contributed by atoms with Crippen molar-refractivity contribution >= 4 is 11.1 Å². The smallest absolute Gasteiger partial charge is 0.0814 e. The third-order valence-electron chi connectivity index (χ3n) is 5.43. The number of hydrogen-bond acceptors (Lipinski definition) is 3. The molecule has 4 aromatic rings. The molecular formula is C23H19N5. The van der Waals surface area contributed by atoms with Crippen molar-refractivity contribution in [1.29, 1.82) is 5.26 Å². The van der Waals surface area contributed by atoms with Crippen LogP contribution in [0.5, 0.6) is 0 Å². The van der Waals surface area contributed by atoms with Gasteiger partial charge in [0.05, 0.1) is 29.4 Å². The van der Waals surface area contributed by atoms with Crippen LogP contribution in [0.3, 0.4) is 0 Å². The van der Waals surface area contributed by atoms with E-state index in [1.54, 1.807) is 6.20 Å². The Hall–Kier alpha value is -3.65. The molecule has 5 rings (SSSR count). The summed E-state index contributed by atoms with van der Waals surface area (Å²) in [7, 11) is 0. The predicted octanol–water partition coefficient (Wildman–Crippen LogP) is 4.89. The fraction of sp³-hybridized carbons (Fsp3) is 0.174. The Labute approximate surface area is 163 Å². The van der Waals surface area contributed by atoms with E-state index in [1.807, 2.05) is 39.9 Å². The van der Waals surface area contributed by atoms with Gasteiger partial charge < -0.3 is 0 Å². The SMILES string of the molecule is N#CC1CC=C(c2cccn3ncc(-c4ccc(-n5cccn5)cc4)c23)CC1. The number of rotatable bonds is 3. The van der Waals surface area contributed by atoms with Crippen molar-refractivity contribution in [3.63, 3.8) is 0 Å². The number of nitriles is 1. The van der Waals surface area contributed by atoms with E-state index in [0.717, 1.165) is 41.6 Å². The third kappa shape index (κ3) is 2.80. The minimum atomic E-state index is 0.141. The molecule has 28 heavy (non-hydrogen) atoms. The van der Waals surface area contributed by atoms with Crippen LogP contribution in [0.4, 0.5) is 0 Å². The highest BCUT2D eigenvalue weighted by atomic mass is 15.3. The van der Waals surface area contributed by atoms with Crippen molar-refractivity contribution in [2.75, 3.05) is 0 Å². The van der Waals surface area contributed by atoms with E-state index in [-0.39, 0.29) is 5.92 Å². The van der Waals surface area contributed by atoms with Crippen LogP contribution in [-0.4, -0.2) is 19.4 Å². The summed E-state index contributed by atoms with van der Waals surface area (Å²) in [6.07, 6.45) is 12.5. The fourth-order valence-corrected chi connectivity index (χ4v) is 3.93. The molecule has 0 amide bonds. The van der Waals surface area contributed by atoms with Crippen molar-refractivity contribution in [3.8, 4) is 22.9 Å². The Kier molecular flexibility index (Phi) is 4.02. The zero-order valence-corrected chi connectivity index (χ0v) is 15.4. The van der Waals surface area contributed by atoms with E-state index >= 15 is 0 Å². The zero-order valence-electron chi connectivity index (χ0n) is 15.4. The summed E-state index contributed by atoms with van der Waals surface area (Å²) >= 11 is 0. The van der Waals surface area contributed by atoms with Crippen molar-refractivity contribution in [1.82, 2.24) is 19.4 Å². The van der Waals surface area contributed by atoms with E-state index in [0.29, 0.717) is 0 Å². The minimum absolute atomic E-state index is 0.141. The summed E-state index contributed by atoms with van der Waals surface area (Å²) in [6, 6.07) is 16.9. The molecule has 1 aliphatic carbocycles. The highest BCUT2D eigenvalue weighted by Crippen LogP contribution is 2.36. The van der Waals surface area contributed by atoms with Crippen molar-refractivity contribution in [2.45, 2.75) is 19.3 Å². The summed E-state index contributed by atoms with van der Waals surface area (Å²) < 4.78 is 3.80. The Balaban J connectivity index is 1.58. The van der Waals surface area contributed by atoms with E-state index in [9.17, 15) is 5.26 Å². The standard InChI is InChI=1S/C23H19N5/c24-15-17-4-6-18(7-5-17)21-3-1-13-28-23(21)22(16-26-28)19-8-10-20(11-9-19)27-14-2-12-25-27/h1-3,6,8-14,16-17H,4-5,7H2. The molecule has 0 aliphatic heterocycles. The molecule has 0 saturated carbocycles. The zero-order chi connectivity index (χ0) is 18.9. The summed E-state index contributed by atoms with van der Waals surface area (Å²) in [4.78, 5) is 0. The van der Waals surface area contributed by atoms with Gasteiger partial charge in [0.1, 0.15) is 0 Å². The Morgan fingerprint density at radius 1 is 1.00 bits per heavy atom. The average Bonchev–Trinajstić information content (AvgIpc) is 3.44. The minimum Gasteiger partial charge on any atom is -0.241 e. The molecule has 3 heterocycles. The first-order valence-electron chi connectivity index (χ1n) is 9.49. The van der Waals surface area contributed by atoms with Gasteiger partial charge in [-0.1, -0.05) is 24.3 Å². The van der Waals surface area contributed by atoms with Crippen LogP contribution in [0.2, 0.25) is 0 Å². The van der Waals surface area contributed by atoms with Crippen LogP contribution >= 0.6 is 0 Å². The molecule has 0 spiro atoms. The number of hydrogen-bond donors (Lipinski definition) is 0. The average molecular weight is 365 g/mol. The van der Waals surface area contributed by atoms with Crippen LogP contribution in [0.15, 0.2) is 73.3 Å². The maximum atomic E-state index is 9.17. The maximum absolute atomic E-state index is 9.17. The van der Waals surface area contributed by atoms with Crippen molar-refractivity contribution in [2.24, 2.45) is 5.92 Å². The lowest BCUT2D eigenvalue weighted by atomic mass is 9.86. The van der Waals surface area contributed by atoms with Gasteiger partial charge in [0, 0.05) is 29.7 Å². The molecule has 1 unspecified atom stereocenters.